The van der Waals surface area contributed by atoms with E-state index in [1.807, 2.05) is 6.07 Å². The zero-order valence-electron chi connectivity index (χ0n) is 13.6. The van der Waals surface area contributed by atoms with Crippen molar-refractivity contribution in [1.29, 1.82) is 0 Å². The summed E-state index contributed by atoms with van der Waals surface area (Å²) in [7, 11) is 4.52. The van der Waals surface area contributed by atoms with Crippen molar-refractivity contribution in [2.24, 2.45) is 0 Å². The van der Waals surface area contributed by atoms with Gasteiger partial charge in [-0.2, -0.15) is 0 Å². The molecule has 0 radical (unpaired) electrons. The molecule has 0 unspecified atom stereocenters. The van der Waals surface area contributed by atoms with E-state index in [0.29, 0.717) is 34.2 Å². The van der Waals surface area contributed by atoms with Crippen molar-refractivity contribution in [3.05, 3.63) is 64.3 Å². The molecular formula is C17H18N2O5. The molecule has 0 bridgehead atoms. The highest BCUT2D eigenvalue weighted by Gasteiger charge is 2.15. The zero-order chi connectivity index (χ0) is 17.5. The summed E-state index contributed by atoms with van der Waals surface area (Å²) in [6, 6.07) is 12.4. The number of rotatable bonds is 7. The van der Waals surface area contributed by atoms with Crippen molar-refractivity contribution < 1.29 is 19.1 Å². The molecule has 1 N–H and O–H groups in total. The molecule has 2 rings (SSSR count). The van der Waals surface area contributed by atoms with E-state index < -0.39 is 4.92 Å². The third-order valence-electron chi connectivity index (χ3n) is 3.26. The Morgan fingerprint density at radius 3 is 2.08 bits per heavy atom. The maximum atomic E-state index is 10.9. The standard InChI is InChI=1S/C17H18N2O5/c1-22-15-9-13(10-16(23-2)17(15)24-3)18-14(11-19(20)21)12-7-5-4-6-8-12/h4-11,18H,1-3H3/b14-11+. The second kappa shape index (κ2) is 7.87. The Morgan fingerprint density at radius 1 is 1.04 bits per heavy atom. The lowest BCUT2D eigenvalue weighted by molar-refractivity contribution is -0.401. The minimum Gasteiger partial charge on any atom is -0.493 e. The lowest BCUT2D eigenvalue weighted by Gasteiger charge is -2.15. The predicted molar refractivity (Wildman–Crippen MR) is 91.1 cm³/mol. The molecule has 0 fully saturated rings. The van der Waals surface area contributed by atoms with Gasteiger partial charge in [0, 0.05) is 23.4 Å². The van der Waals surface area contributed by atoms with Crippen molar-refractivity contribution in [1.82, 2.24) is 0 Å². The second-order valence-corrected chi connectivity index (χ2v) is 4.73. The topological polar surface area (TPSA) is 82.9 Å². The maximum absolute atomic E-state index is 10.9. The Labute approximate surface area is 139 Å². The highest BCUT2D eigenvalue weighted by atomic mass is 16.6. The van der Waals surface area contributed by atoms with E-state index in [-0.39, 0.29) is 0 Å². The van der Waals surface area contributed by atoms with Gasteiger partial charge in [0.25, 0.3) is 6.20 Å². The molecule has 0 aromatic heterocycles. The monoisotopic (exact) mass is 330 g/mol. The summed E-state index contributed by atoms with van der Waals surface area (Å²) < 4.78 is 15.8. The molecule has 0 aliphatic rings. The van der Waals surface area contributed by atoms with Gasteiger partial charge in [0.05, 0.1) is 26.3 Å². The van der Waals surface area contributed by atoms with Crippen molar-refractivity contribution in [3.63, 3.8) is 0 Å². The molecule has 0 saturated heterocycles. The molecule has 24 heavy (non-hydrogen) atoms. The molecule has 7 heteroatoms. The normalized spacial score (nSPS) is 10.9. The van der Waals surface area contributed by atoms with Crippen molar-refractivity contribution in [2.45, 2.75) is 0 Å². The van der Waals surface area contributed by atoms with Gasteiger partial charge in [-0.05, 0) is 0 Å². The van der Waals surface area contributed by atoms with E-state index in [1.165, 1.54) is 21.3 Å². The molecule has 0 amide bonds. The number of nitrogens with zero attached hydrogens (tertiary/aromatic N) is 1. The van der Waals surface area contributed by atoms with Crippen LogP contribution in [0.3, 0.4) is 0 Å². The number of nitrogens with one attached hydrogen (secondary N) is 1. The van der Waals surface area contributed by atoms with Gasteiger partial charge in [-0.15, -0.1) is 0 Å². The van der Waals surface area contributed by atoms with Crippen molar-refractivity contribution in [3.8, 4) is 17.2 Å². The average molecular weight is 330 g/mol. The fourth-order valence-corrected chi connectivity index (χ4v) is 2.21. The van der Waals surface area contributed by atoms with Crippen LogP contribution in [0.5, 0.6) is 17.2 Å². The first kappa shape index (κ1) is 17.1. The summed E-state index contributed by atoms with van der Waals surface area (Å²) >= 11 is 0. The van der Waals surface area contributed by atoms with Crippen molar-refractivity contribution in [2.75, 3.05) is 26.6 Å². The minimum absolute atomic E-state index is 0.342. The number of ether oxygens (including phenoxy) is 3. The lowest BCUT2D eigenvalue weighted by atomic mass is 10.1. The largest absolute Gasteiger partial charge is 0.493 e. The number of hydrogen-bond donors (Lipinski definition) is 1. The van der Waals surface area contributed by atoms with E-state index in [9.17, 15) is 10.1 Å². The Balaban J connectivity index is 2.45. The van der Waals surface area contributed by atoms with Gasteiger partial charge in [0.15, 0.2) is 11.5 Å². The van der Waals surface area contributed by atoms with Crippen LogP contribution in [0.25, 0.3) is 5.70 Å². The van der Waals surface area contributed by atoms with Gasteiger partial charge < -0.3 is 19.5 Å². The molecule has 2 aromatic rings. The van der Waals surface area contributed by atoms with Crippen molar-refractivity contribution >= 4 is 11.4 Å². The van der Waals surface area contributed by atoms with E-state index in [1.54, 1.807) is 36.4 Å². The quantitative estimate of drug-likeness (QED) is 0.619. The van der Waals surface area contributed by atoms with Gasteiger partial charge in [-0.25, -0.2) is 0 Å². The first-order valence-electron chi connectivity index (χ1n) is 7.06. The first-order valence-corrected chi connectivity index (χ1v) is 7.06. The first-order chi connectivity index (χ1) is 11.6. The van der Waals surface area contributed by atoms with E-state index >= 15 is 0 Å². The number of anilines is 1. The van der Waals surface area contributed by atoms with E-state index in [0.717, 1.165) is 6.20 Å². The summed E-state index contributed by atoms with van der Waals surface area (Å²) in [6.45, 7) is 0. The molecule has 0 saturated carbocycles. The van der Waals surface area contributed by atoms with Gasteiger partial charge in [0.2, 0.25) is 5.75 Å². The highest BCUT2D eigenvalue weighted by molar-refractivity contribution is 5.78. The number of methoxy groups -OCH3 is 3. The van der Waals surface area contributed by atoms with Gasteiger partial charge >= 0.3 is 0 Å². The zero-order valence-corrected chi connectivity index (χ0v) is 13.6. The molecule has 0 aliphatic carbocycles. The average Bonchev–Trinajstić information content (AvgIpc) is 2.60. The summed E-state index contributed by atoms with van der Waals surface area (Å²) in [6.07, 6.45) is 0.915. The van der Waals surface area contributed by atoms with Crippen LogP contribution in [-0.4, -0.2) is 26.3 Å². The third-order valence-corrected chi connectivity index (χ3v) is 3.26. The minimum atomic E-state index is -0.507. The molecule has 2 aromatic carbocycles. The number of nitro groups is 1. The van der Waals surface area contributed by atoms with Crippen LogP contribution in [0.1, 0.15) is 5.56 Å². The van der Waals surface area contributed by atoms with Gasteiger partial charge in [-0.1, -0.05) is 30.3 Å². The van der Waals surface area contributed by atoms with Crippen LogP contribution in [0, 0.1) is 10.1 Å². The lowest BCUT2D eigenvalue weighted by Crippen LogP contribution is -2.03. The molecule has 0 spiro atoms. The predicted octanol–water partition coefficient (Wildman–Crippen LogP) is 3.40. The molecule has 126 valence electrons. The molecule has 0 aliphatic heterocycles. The number of benzene rings is 2. The Kier molecular flexibility index (Phi) is 5.62. The van der Waals surface area contributed by atoms with Crippen LogP contribution < -0.4 is 19.5 Å². The Morgan fingerprint density at radius 2 is 1.62 bits per heavy atom. The summed E-state index contributed by atoms with van der Waals surface area (Å²) in [4.78, 5) is 10.4. The number of hydrogen-bond acceptors (Lipinski definition) is 6. The van der Waals surface area contributed by atoms with Crippen LogP contribution in [-0.2, 0) is 0 Å². The summed E-state index contributed by atoms with van der Waals surface area (Å²) in [5.41, 5.74) is 1.60. The van der Waals surface area contributed by atoms with Crippen LogP contribution in [0.2, 0.25) is 0 Å². The van der Waals surface area contributed by atoms with Crippen LogP contribution in [0.4, 0.5) is 5.69 Å². The molecule has 7 nitrogen and oxygen atoms in total. The summed E-state index contributed by atoms with van der Waals surface area (Å²) in [5, 5.41) is 14.0. The van der Waals surface area contributed by atoms with Gasteiger partial charge in [-0.3, -0.25) is 10.1 Å². The Bertz CT molecular complexity index is 719. The fourth-order valence-electron chi connectivity index (χ4n) is 2.21. The fraction of sp³-hybridized carbons (Fsp3) is 0.176. The third kappa shape index (κ3) is 3.95. The van der Waals surface area contributed by atoms with E-state index in [4.69, 9.17) is 14.2 Å². The smallest absolute Gasteiger partial charge is 0.258 e. The SMILES string of the molecule is COc1cc(N/C(=C/[N+](=O)[O-])c2ccccc2)cc(OC)c1OC. The molecule has 0 heterocycles. The van der Waals surface area contributed by atoms with Gasteiger partial charge in [0.1, 0.15) is 5.70 Å². The Hall–Kier alpha value is -3.22. The van der Waals surface area contributed by atoms with E-state index in [2.05, 4.69) is 5.32 Å². The molecular weight excluding hydrogens is 312 g/mol. The van der Waals surface area contributed by atoms with Crippen LogP contribution >= 0.6 is 0 Å². The molecule has 0 atom stereocenters. The maximum Gasteiger partial charge on any atom is 0.258 e. The second-order valence-electron chi connectivity index (χ2n) is 4.73. The van der Waals surface area contributed by atoms with Crippen LogP contribution in [0.15, 0.2) is 48.7 Å². The highest BCUT2D eigenvalue weighted by Crippen LogP contribution is 2.40. The summed E-state index contributed by atoms with van der Waals surface area (Å²) in [5.74, 6) is 1.35.